The molecule has 1 atom stereocenters. The second-order valence-corrected chi connectivity index (χ2v) is 4.00. The van der Waals surface area contributed by atoms with E-state index in [4.69, 9.17) is 10.5 Å². The molecule has 2 heterocycles. The molecular weight excluding hydrogens is 156 g/mol. The molecule has 4 heteroatoms. The number of nitrogens with zero attached hydrogens (tertiary/aromatic N) is 1. The molecule has 0 spiro atoms. The summed E-state index contributed by atoms with van der Waals surface area (Å²) in [6, 6.07) is 0.301. The molecule has 2 aliphatic rings. The van der Waals surface area contributed by atoms with Crippen LogP contribution in [0.25, 0.3) is 0 Å². The fourth-order valence-corrected chi connectivity index (χ4v) is 1.85. The van der Waals surface area contributed by atoms with Gasteiger partial charge in [-0.15, -0.1) is 0 Å². The van der Waals surface area contributed by atoms with Crippen molar-refractivity contribution in [3.05, 3.63) is 0 Å². The van der Waals surface area contributed by atoms with Crippen LogP contribution in [0, 0.1) is 0 Å². The van der Waals surface area contributed by atoms with Gasteiger partial charge in [0.25, 0.3) is 0 Å². The Hall–Kier alpha value is -0.160. The van der Waals surface area contributed by atoms with E-state index in [-0.39, 0.29) is 0 Å². The van der Waals surface area contributed by atoms with Crippen LogP contribution in [0.3, 0.4) is 0 Å². The third kappa shape index (κ3) is 1.61. The SMILES string of the molecule is NC1CCN(CC2(O)COC2)C1. The maximum absolute atomic E-state index is 9.75. The zero-order valence-corrected chi connectivity index (χ0v) is 7.20. The van der Waals surface area contributed by atoms with Crippen molar-refractivity contribution in [3.8, 4) is 0 Å². The molecule has 1 unspecified atom stereocenters. The van der Waals surface area contributed by atoms with Gasteiger partial charge in [0.2, 0.25) is 0 Å². The average Bonchev–Trinajstić information content (AvgIpc) is 2.32. The minimum atomic E-state index is -0.579. The quantitative estimate of drug-likeness (QED) is 0.548. The predicted molar refractivity (Wildman–Crippen MR) is 44.8 cm³/mol. The third-order valence-electron chi connectivity index (χ3n) is 2.57. The Balaban J connectivity index is 1.79. The maximum Gasteiger partial charge on any atom is 0.124 e. The molecule has 0 aliphatic carbocycles. The van der Waals surface area contributed by atoms with E-state index >= 15 is 0 Å². The summed E-state index contributed by atoms with van der Waals surface area (Å²) in [5.74, 6) is 0. The van der Waals surface area contributed by atoms with Gasteiger partial charge in [0, 0.05) is 19.1 Å². The molecule has 0 aromatic heterocycles. The fraction of sp³-hybridized carbons (Fsp3) is 1.00. The van der Waals surface area contributed by atoms with Crippen LogP contribution >= 0.6 is 0 Å². The Morgan fingerprint density at radius 3 is 2.75 bits per heavy atom. The summed E-state index contributed by atoms with van der Waals surface area (Å²) in [4.78, 5) is 2.22. The van der Waals surface area contributed by atoms with Gasteiger partial charge >= 0.3 is 0 Å². The van der Waals surface area contributed by atoms with Crippen molar-refractivity contribution < 1.29 is 9.84 Å². The van der Waals surface area contributed by atoms with Crippen LogP contribution in [0.1, 0.15) is 6.42 Å². The summed E-state index contributed by atoms with van der Waals surface area (Å²) in [7, 11) is 0. The van der Waals surface area contributed by atoms with E-state index in [9.17, 15) is 5.11 Å². The number of β-amino-alcohol motifs (C(OH)–C–C–N with tert-alkyl or cyclic N) is 1. The molecule has 12 heavy (non-hydrogen) atoms. The van der Waals surface area contributed by atoms with Crippen LogP contribution in [0.15, 0.2) is 0 Å². The summed E-state index contributed by atoms with van der Waals surface area (Å²) in [6.07, 6.45) is 1.05. The summed E-state index contributed by atoms with van der Waals surface area (Å²) in [6.45, 7) is 3.63. The zero-order valence-electron chi connectivity index (χ0n) is 7.20. The van der Waals surface area contributed by atoms with Crippen molar-refractivity contribution in [3.63, 3.8) is 0 Å². The lowest BCUT2D eigenvalue weighted by atomic mass is 10.0. The van der Waals surface area contributed by atoms with E-state index in [2.05, 4.69) is 4.90 Å². The van der Waals surface area contributed by atoms with Gasteiger partial charge in [-0.25, -0.2) is 0 Å². The Morgan fingerprint density at radius 2 is 2.33 bits per heavy atom. The number of hydrogen-bond donors (Lipinski definition) is 2. The van der Waals surface area contributed by atoms with Gasteiger partial charge in [-0.05, 0) is 13.0 Å². The van der Waals surface area contributed by atoms with E-state index in [0.717, 1.165) is 26.1 Å². The fourth-order valence-electron chi connectivity index (χ4n) is 1.85. The van der Waals surface area contributed by atoms with E-state index in [1.165, 1.54) is 0 Å². The third-order valence-corrected chi connectivity index (χ3v) is 2.57. The van der Waals surface area contributed by atoms with E-state index in [0.29, 0.717) is 19.3 Å². The lowest BCUT2D eigenvalue weighted by Crippen LogP contribution is -2.56. The van der Waals surface area contributed by atoms with Gasteiger partial charge in [-0.2, -0.15) is 0 Å². The van der Waals surface area contributed by atoms with Gasteiger partial charge < -0.3 is 15.6 Å². The predicted octanol–water partition coefficient (Wildman–Crippen LogP) is -1.22. The molecule has 0 radical (unpaired) electrons. The molecule has 0 aromatic carbocycles. The van der Waals surface area contributed by atoms with Crippen molar-refractivity contribution in [2.45, 2.75) is 18.1 Å². The molecule has 3 N–H and O–H groups in total. The highest BCUT2D eigenvalue weighted by Crippen LogP contribution is 2.20. The first-order valence-electron chi connectivity index (χ1n) is 4.46. The zero-order chi connectivity index (χ0) is 8.60. The summed E-state index contributed by atoms with van der Waals surface area (Å²) >= 11 is 0. The topological polar surface area (TPSA) is 58.7 Å². The van der Waals surface area contributed by atoms with Crippen molar-refractivity contribution in [2.75, 3.05) is 32.8 Å². The molecule has 4 nitrogen and oxygen atoms in total. The lowest BCUT2D eigenvalue weighted by molar-refractivity contribution is -0.185. The minimum absolute atomic E-state index is 0.301. The van der Waals surface area contributed by atoms with Gasteiger partial charge in [0.15, 0.2) is 0 Å². The molecule has 2 fully saturated rings. The molecule has 2 saturated heterocycles. The average molecular weight is 172 g/mol. The standard InChI is InChI=1S/C8H16N2O2/c9-7-1-2-10(3-7)4-8(11)5-12-6-8/h7,11H,1-6,9H2. The molecular formula is C8H16N2O2. The molecule has 0 amide bonds. The Labute approximate surface area is 72.3 Å². The highest BCUT2D eigenvalue weighted by atomic mass is 16.5. The van der Waals surface area contributed by atoms with Gasteiger partial charge in [-0.3, -0.25) is 4.90 Å². The Morgan fingerprint density at radius 1 is 1.58 bits per heavy atom. The van der Waals surface area contributed by atoms with Crippen molar-refractivity contribution in [2.24, 2.45) is 5.73 Å². The largest absolute Gasteiger partial charge is 0.384 e. The van der Waals surface area contributed by atoms with Crippen LogP contribution in [0.5, 0.6) is 0 Å². The van der Waals surface area contributed by atoms with Crippen molar-refractivity contribution >= 4 is 0 Å². The van der Waals surface area contributed by atoms with Crippen LogP contribution in [0.2, 0.25) is 0 Å². The molecule has 2 aliphatic heterocycles. The van der Waals surface area contributed by atoms with Gasteiger partial charge in [-0.1, -0.05) is 0 Å². The lowest BCUT2D eigenvalue weighted by Gasteiger charge is -2.39. The summed E-state index contributed by atoms with van der Waals surface area (Å²) in [5.41, 5.74) is 5.17. The van der Waals surface area contributed by atoms with Crippen LogP contribution < -0.4 is 5.73 Å². The molecule has 0 bridgehead atoms. The van der Waals surface area contributed by atoms with Gasteiger partial charge in [0.05, 0.1) is 13.2 Å². The second kappa shape index (κ2) is 2.96. The number of ether oxygens (including phenoxy) is 1. The number of rotatable bonds is 2. The number of aliphatic hydroxyl groups is 1. The van der Waals surface area contributed by atoms with E-state index < -0.39 is 5.60 Å². The van der Waals surface area contributed by atoms with E-state index in [1.54, 1.807) is 0 Å². The van der Waals surface area contributed by atoms with Crippen LogP contribution in [-0.4, -0.2) is 54.5 Å². The number of likely N-dealkylation sites (tertiary alicyclic amines) is 1. The minimum Gasteiger partial charge on any atom is -0.384 e. The first-order chi connectivity index (χ1) is 5.68. The highest BCUT2D eigenvalue weighted by Gasteiger charge is 2.38. The molecule has 0 saturated carbocycles. The molecule has 2 rings (SSSR count). The highest BCUT2D eigenvalue weighted by molar-refractivity contribution is 4.91. The van der Waals surface area contributed by atoms with Crippen LogP contribution in [0.4, 0.5) is 0 Å². The first kappa shape index (κ1) is 8.44. The Bertz CT molecular complexity index is 170. The second-order valence-electron chi connectivity index (χ2n) is 4.00. The van der Waals surface area contributed by atoms with E-state index in [1.807, 2.05) is 0 Å². The van der Waals surface area contributed by atoms with Gasteiger partial charge in [0.1, 0.15) is 5.60 Å². The van der Waals surface area contributed by atoms with Crippen LogP contribution in [-0.2, 0) is 4.74 Å². The monoisotopic (exact) mass is 172 g/mol. The maximum atomic E-state index is 9.75. The smallest absolute Gasteiger partial charge is 0.124 e. The molecule has 0 aromatic rings. The summed E-state index contributed by atoms with van der Waals surface area (Å²) in [5, 5.41) is 9.75. The Kier molecular flexibility index (Phi) is 2.08. The normalized spacial score (nSPS) is 35.0. The first-order valence-corrected chi connectivity index (χ1v) is 4.46. The molecule has 70 valence electrons. The summed E-state index contributed by atoms with van der Waals surface area (Å²) < 4.78 is 4.97. The number of hydrogen-bond acceptors (Lipinski definition) is 4. The number of nitrogens with two attached hydrogens (primary N) is 1. The van der Waals surface area contributed by atoms with Crippen molar-refractivity contribution in [1.29, 1.82) is 0 Å². The van der Waals surface area contributed by atoms with Crippen molar-refractivity contribution in [1.82, 2.24) is 4.90 Å².